The summed E-state index contributed by atoms with van der Waals surface area (Å²) in [6, 6.07) is 4.44. The first-order valence-electron chi connectivity index (χ1n) is 5.59. The quantitative estimate of drug-likeness (QED) is 0.927. The van der Waals surface area contributed by atoms with Crippen LogP contribution in [0.3, 0.4) is 0 Å². The maximum Gasteiger partial charge on any atom is 0.115 e. The molecule has 1 unspecified atom stereocenters. The van der Waals surface area contributed by atoms with Gasteiger partial charge in [0.05, 0.1) is 10.0 Å². The fraction of sp³-hybridized carbons (Fsp3) is 0.333. The average Bonchev–Trinajstić information content (AvgIpc) is 2.87. The Morgan fingerprint density at radius 2 is 2.47 bits per heavy atom. The monoisotopic (exact) mass is 265 g/mol. The van der Waals surface area contributed by atoms with Crippen LogP contribution >= 0.6 is 22.9 Å². The van der Waals surface area contributed by atoms with E-state index < -0.39 is 0 Å². The fourth-order valence-electron chi connectivity index (χ4n) is 2.19. The van der Waals surface area contributed by atoms with Crippen LogP contribution in [0.4, 0.5) is 0 Å². The molecule has 5 heteroatoms. The summed E-state index contributed by atoms with van der Waals surface area (Å²) in [5, 5.41) is 3.53. The van der Waals surface area contributed by atoms with Crippen molar-refractivity contribution in [1.29, 1.82) is 0 Å². The van der Waals surface area contributed by atoms with E-state index in [1.54, 1.807) is 23.9 Å². The smallest absolute Gasteiger partial charge is 0.115 e. The van der Waals surface area contributed by atoms with Crippen molar-refractivity contribution in [3.05, 3.63) is 45.1 Å². The molecule has 1 aliphatic carbocycles. The SMILES string of the molecule is Clc1cc2c(s1)CCC2NCc1ccncn1. The van der Waals surface area contributed by atoms with Crippen molar-refractivity contribution in [1.82, 2.24) is 15.3 Å². The number of fused-ring (bicyclic) bond motifs is 1. The molecule has 0 aliphatic heterocycles. The zero-order valence-electron chi connectivity index (χ0n) is 9.19. The normalized spacial score (nSPS) is 18.3. The topological polar surface area (TPSA) is 37.8 Å². The number of aryl methyl sites for hydroxylation is 1. The molecule has 3 rings (SSSR count). The van der Waals surface area contributed by atoms with Crippen molar-refractivity contribution in [2.24, 2.45) is 0 Å². The van der Waals surface area contributed by atoms with Gasteiger partial charge in [0.15, 0.2) is 0 Å². The van der Waals surface area contributed by atoms with Crippen LogP contribution in [0.15, 0.2) is 24.7 Å². The maximum absolute atomic E-state index is 6.03. The van der Waals surface area contributed by atoms with Crippen molar-refractivity contribution in [2.75, 3.05) is 0 Å². The summed E-state index contributed by atoms with van der Waals surface area (Å²) >= 11 is 7.73. The van der Waals surface area contributed by atoms with Gasteiger partial charge in [-0.1, -0.05) is 11.6 Å². The Balaban J connectivity index is 1.68. The van der Waals surface area contributed by atoms with Gasteiger partial charge in [0.25, 0.3) is 0 Å². The van der Waals surface area contributed by atoms with E-state index in [0.717, 1.165) is 29.4 Å². The molecule has 1 aliphatic rings. The van der Waals surface area contributed by atoms with E-state index >= 15 is 0 Å². The van der Waals surface area contributed by atoms with Crippen LogP contribution in [0.2, 0.25) is 4.34 Å². The first-order valence-corrected chi connectivity index (χ1v) is 6.79. The second kappa shape index (κ2) is 4.72. The lowest BCUT2D eigenvalue weighted by atomic mass is 10.2. The van der Waals surface area contributed by atoms with Crippen molar-refractivity contribution in [2.45, 2.75) is 25.4 Å². The van der Waals surface area contributed by atoms with E-state index in [1.807, 2.05) is 6.07 Å². The van der Waals surface area contributed by atoms with E-state index in [0.29, 0.717) is 6.04 Å². The van der Waals surface area contributed by atoms with Gasteiger partial charge in [-0.2, -0.15) is 0 Å². The number of hydrogen-bond acceptors (Lipinski definition) is 4. The Morgan fingerprint density at radius 1 is 1.53 bits per heavy atom. The molecule has 88 valence electrons. The molecule has 17 heavy (non-hydrogen) atoms. The van der Waals surface area contributed by atoms with Crippen LogP contribution < -0.4 is 5.32 Å². The summed E-state index contributed by atoms with van der Waals surface area (Å²) in [6.07, 6.45) is 5.64. The van der Waals surface area contributed by atoms with Crippen LogP contribution in [0, 0.1) is 0 Å². The number of rotatable bonds is 3. The first kappa shape index (κ1) is 11.1. The Bertz CT molecular complexity index is 512. The molecule has 0 bridgehead atoms. The van der Waals surface area contributed by atoms with Gasteiger partial charge in [0, 0.05) is 23.7 Å². The van der Waals surface area contributed by atoms with E-state index in [-0.39, 0.29) is 0 Å². The second-order valence-corrected chi connectivity index (χ2v) is 5.87. The van der Waals surface area contributed by atoms with E-state index in [9.17, 15) is 0 Å². The Labute approximate surface area is 109 Å². The van der Waals surface area contributed by atoms with Crippen molar-refractivity contribution in [3.8, 4) is 0 Å². The highest BCUT2D eigenvalue weighted by Gasteiger charge is 2.24. The highest BCUT2D eigenvalue weighted by Crippen LogP contribution is 2.39. The van der Waals surface area contributed by atoms with Gasteiger partial charge in [-0.25, -0.2) is 9.97 Å². The van der Waals surface area contributed by atoms with E-state index in [2.05, 4.69) is 21.4 Å². The number of hydrogen-bond donors (Lipinski definition) is 1. The van der Waals surface area contributed by atoms with Gasteiger partial charge in [-0.05, 0) is 30.5 Å². The summed E-state index contributed by atoms with van der Waals surface area (Å²) < 4.78 is 0.892. The summed E-state index contributed by atoms with van der Waals surface area (Å²) in [6.45, 7) is 0.778. The summed E-state index contributed by atoms with van der Waals surface area (Å²) in [4.78, 5) is 9.54. The third kappa shape index (κ3) is 2.34. The number of aromatic nitrogens is 2. The molecule has 0 amide bonds. The number of halogens is 1. The molecule has 3 nitrogen and oxygen atoms in total. The molecule has 2 aromatic heterocycles. The highest BCUT2D eigenvalue weighted by molar-refractivity contribution is 7.16. The fourth-order valence-corrected chi connectivity index (χ4v) is 3.55. The van der Waals surface area contributed by atoms with Crippen LogP contribution in [-0.4, -0.2) is 9.97 Å². The maximum atomic E-state index is 6.03. The third-order valence-electron chi connectivity index (χ3n) is 3.02. The molecule has 0 fully saturated rings. The predicted molar refractivity (Wildman–Crippen MR) is 69.3 cm³/mol. The van der Waals surface area contributed by atoms with Crippen molar-refractivity contribution < 1.29 is 0 Å². The molecular formula is C12H12ClN3S. The van der Waals surface area contributed by atoms with Crippen LogP contribution in [-0.2, 0) is 13.0 Å². The van der Waals surface area contributed by atoms with Crippen LogP contribution in [0.1, 0.15) is 28.6 Å². The molecule has 1 atom stereocenters. The Hall–Kier alpha value is -0.970. The van der Waals surface area contributed by atoms with Gasteiger partial charge in [0.2, 0.25) is 0 Å². The minimum atomic E-state index is 0.420. The van der Waals surface area contributed by atoms with Crippen molar-refractivity contribution >= 4 is 22.9 Å². The molecule has 2 heterocycles. The number of nitrogens with zero attached hydrogens (tertiary/aromatic N) is 2. The summed E-state index contributed by atoms with van der Waals surface area (Å²) in [7, 11) is 0. The molecule has 0 saturated heterocycles. The van der Waals surface area contributed by atoms with Gasteiger partial charge >= 0.3 is 0 Å². The second-order valence-electron chi connectivity index (χ2n) is 4.10. The predicted octanol–water partition coefficient (Wildman–Crippen LogP) is 2.97. The Morgan fingerprint density at radius 3 is 3.29 bits per heavy atom. The zero-order valence-corrected chi connectivity index (χ0v) is 10.8. The minimum absolute atomic E-state index is 0.420. The van der Waals surface area contributed by atoms with Gasteiger partial charge < -0.3 is 5.32 Å². The lowest BCUT2D eigenvalue weighted by Gasteiger charge is -2.12. The molecular weight excluding hydrogens is 254 g/mol. The highest BCUT2D eigenvalue weighted by atomic mass is 35.5. The first-order chi connectivity index (χ1) is 8.33. The molecule has 0 spiro atoms. The van der Waals surface area contributed by atoms with Crippen molar-refractivity contribution in [3.63, 3.8) is 0 Å². The molecule has 2 aromatic rings. The van der Waals surface area contributed by atoms with Gasteiger partial charge in [-0.3, -0.25) is 0 Å². The lowest BCUT2D eigenvalue weighted by molar-refractivity contribution is 0.525. The molecule has 0 aromatic carbocycles. The minimum Gasteiger partial charge on any atom is -0.304 e. The molecule has 1 N–H and O–H groups in total. The number of nitrogens with one attached hydrogen (secondary N) is 1. The summed E-state index contributed by atoms with van der Waals surface area (Å²) in [5.41, 5.74) is 2.39. The summed E-state index contributed by atoms with van der Waals surface area (Å²) in [5.74, 6) is 0. The largest absolute Gasteiger partial charge is 0.304 e. The van der Waals surface area contributed by atoms with E-state index in [1.165, 1.54) is 10.4 Å². The Kier molecular flexibility index (Phi) is 3.09. The third-order valence-corrected chi connectivity index (χ3v) is 4.36. The lowest BCUT2D eigenvalue weighted by Crippen LogP contribution is -2.19. The van der Waals surface area contributed by atoms with Gasteiger partial charge in [-0.15, -0.1) is 11.3 Å². The average molecular weight is 266 g/mol. The molecule has 0 radical (unpaired) electrons. The number of thiophene rings is 1. The van der Waals surface area contributed by atoms with Crippen LogP contribution in [0.25, 0.3) is 0 Å². The van der Waals surface area contributed by atoms with Gasteiger partial charge in [0.1, 0.15) is 6.33 Å². The van der Waals surface area contributed by atoms with Crippen LogP contribution in [0.5, 0.6) is 0 Å². The van der Waals surface area contributed by atoms with E-state index in [4.69, 9.17) is 11.6 Å². The molecule has 0 saturated carbocycles. The standard InChI is InChI=1S/C12H12ClN3S/c13-12-5-9-10(1-2-11(9)17-12)15-6-8-3-4-14-7-16-8/h3-5,7,10,15H,1-2,6H2. The zero-order chi connectivity index (χ0) is 11.7.